The van der Waals surface area contributed by atoms with Crippen LogP contribution in [-0.4, -0.2) is 35.5 Å². The molecule has 126 valence electrons. The molecule has 2 amide bonds. The maximum absolute atomic E-state index is 12.2. The highest BCUT2D eigenvalue weighted by Gasteiger charge is 2.21. The predicted molar refractivity (Wildman–Crippen MR) is 87.1 cm³/mol. The largest absolute Gasteiger partial charge is 0.481 e. The highest BCUT2D eigenvalue weighted by molar-refractivity contribution is 5.97. The maximum atomic E-state index is 12.2. The Morgan fingerprint density at radius 1 is 1.13 bits per heavy atom. The molecule has 1 aromatic rings. The molecule has 0 fully saturated rings. The van der Waals surface area contributed by atoms with Gasteiger partial charge < -0.3 is 15.7 Å². The Morgan fingerprint density at radius 3 is 2.43 bits per heavy atom. The molecule has 0 saturated carbocycles. The molecule has 0 saturated heterocycles. The molecule has 0 aliphatic carbocycles. The molecular formula is C17H24N2O4. The summed E-state index contributed by atoms with van der Waals surface area (Å²) in [6, 6.07) is 7.68. The number of hydrogen-bond acceptors (Lipinski definition) is 3. The van der Waals surface area contributed by atoms with E-state index in [4.69, 9.17) is 5.11 Å². The van der Waals surface area contributed by atoms with E-state index in [-0.39, 0.29) is 24.7 Å². The first kappa shape index (κ1) is 18.7. The number of carboxylic acid groups (broad SMARTS) is 1. The number of amides is 2. The third-order valence-corrected chi connectivity index (χ3v) is 3.38. The molecule has 6 heteroatoms. The first-order valence-corrected chi connectivity index (χ1v) is 7.90. The molecule has 1 aromatic carbocycles. The summed E-state index contributed by atoms with van der Waals surface area (Å²) in [5, 5.41) is 14.2. The summed E-state index contributed by atoms with van der Waals surface area (Å²) in [6.07, 6.45) is 2.80. The second-order valence-electron chi connectivity index (χ2n) is 5.32. The van der Waals surface area contributed by atoms with Gasteiger partial charge in [0.25, 0.3) is 5.91 Å². The zero-order chi connectivity index (χ0) is 17.1. The van der Waals surface area contributed by atoms with Gasteiger partial charge in [-0.15, -0.1) is 0 Å². The minimum Gasteiger partial charge on any atom is -0.481 e. The predicted octanol–water partition coefficient (Wildman–Crippen LogP) is 1.96. The number of carbonyl (C=O) groups excluding carboxylic acids is 2. The van der Waals surface area contributed by atoms with E-state index in [1.807, 2.05) is 0 Å². The normalized spacial score (nSPS) is 11.5. The van der Waals surface area contributed by atoms with Crippen molar-refractivity contribution < 1.29 is 19.5 Å². The molecule has 23 heavy (non-hydrogen) atoms. The van der Waals surface area contributed by atoms with Gasteiger partial charge in [0.15, 0.2) is 0 Å². The molecule has 0 spiro atoms. The molecule has 6 nitrogen and oxygen atoms in total. The van der Waals surface area contributed by atoms with Crippen molar-refractivity contribution in [2.45, 2.75) is 45.1 Å². The lowest BCUT2D eigenvalue weighted by molar-refractivity contribution is -0.137. The van der Waals surface area contributed by atoms with Gasteiger partial charge in [-0.2, -0.15) is 0 Å². The Balaban J connectivity index is 2.62. The number of carboxylic acids is 1. The highest BCUT2D eigenvalue weighted by atomic mass is 16.4. The van der Waals surface area contributed by atoms with Gasteiger partial charge in [0.05, 0.1) is 0 Å². The molecule has 3 N–H and O–H groups in total. The van der Waals surface area contributed by atoms with Crippen LogP contribution >= 0.6 is 0 Å². The minimum atomic E-state index is -0.997. The smallest absolute Gasteiger partial charge is 0.303 e. The van der Waals surface area contributed by atoms with Crippen LogP contribution in [0.5, 0.6) is 0 Å². The van der Waals surface area contributed by atoms with E-state index >= 15 is 0 Å². The minimum absolute atomic E-state index is 0.0630. The van der Waals surface area contributed by atoms with Crippen molar-refractivity contribution in [2.24, 2.45) is 0 Å². The topological polar surface area (TPSA) is 95.5 Å². The van der Waals surface area contributed by atoms with Crippen LogP contribution in [0.3, 0.4) is 0 Å². The summed E-state index contributed by atoms with van der Waals surface area (Å²) in [6.45, 7) is 2.59. The van der Waals surface area contributed by atoms with Crippen molar-refractivity contribution in [3.05, 3.63) is 35.9 Å². The van der Waals surface area contributed by atoms with Crippen LogP contribution in [0.15, 0.2) is 30.3 Å². The number of aliphatic carboxylic acids is 1. The lowest BCUT2D eigenvalue weighted by Crippen LogP contribution is -2.47. The number of rotatable bonds is 10. The summed E-state index contributed by atoms with van der Waals surface area (Å²) < 4.78 is 0. The van der Waals surface area contributed by atoms with E-state index in [0.717, 1.165) is 19.3 Å². The van der Waals surface area contributed by atoms with Crippen molar-refractivity contribution in [1.29, 1.82) is 0 Å². The lowest BCUT2D eigenvalue weighted by Gasteiger charge is -2.18. The Bertz CT molecular complexity index is 517. The fraction of sp³-hybridized carbons (Fsp3) is 0.471. The van der Waals surface area contributed by atoms with Gasteiger partial charge in [0, 0.05) is 18.5 Å². The van der Waals surface area contributed by atoms with Gasteiger partial charge in [-0.25, -0.2) is 0 Å². The van der Waals surface area contributed by atoms with Crippen LogP contribution in [0.1, 0.15) is 49.4 Å². The number of unbranched alkanes of at least 4 members (excludes halogenated alkanes) is 2. The first-order valence-electron chi connectivity index (χ1n) is 7.90. The standard InChI is InChI=1S/C17H24N2O4/c1-2-3-7-12-18-17(23)14(10-11-15(20)21)19-16(22)13-8-5-4-6-9-13/h4-6,8-9,14H,2-3,7,10-12H2,1H3,(H,18,23)(H,19,22)(H,20,21)/t14-/m1/s1. The van der Waals surface area contributed by atoms with Gasteiger partial charge in [-0.05, 0) is 25.0 Å². The average molecular weight is 320 g/mol. The van der Waals surface area contributed by atoms with E-state index in [1.54, 1.807) is 30.3 Å². The summed E-state index contributed by atoms with van der Waals surface area (Å²) in [4.78, 5) is 35.0. The van der Waals surface area contributed by atoms with Gasteiger partial charge in [0.2, 0.25) is 5.91 Å². The molecule has 0 aromatic heterocycles. The maximum Gasteiger partial charge on any atom is 0.303 e. The van der Waals surface area contributed by atoms with Gasteiger partial charge in [0.1, 0.15) is 6.04 Å². The quantitative estimate of drug-likeness (QED) is 0.574. The number of hydrogen-bond donors (Lipinski definition) is 3. The molecule has 0 bridgehead atoms. The second-order valence-corrected chi connectivity index (χ2v) is 5.32. The van der Waals surface area contributed by atoms with E-state index < -0.39 is 12.0 Å². The monoisotopic (exact) mass is 320 g/mol. The summed E-state index contributed by atoms with van der Waals surface area (Å²) in [5.74, 6) is -1.72. The van der Waals surface area contributed by atoms with Gasteiger partial charge in [-0.3, -0.25) is 14.4 Å². The molecular weight excluding hydrogens is 296 g/mol. The summed E-state index contributed by atoms with van der Waals surface area (Å²) in [5.41, 5.74) is 0.437. The van der Waals surface area contributed by atoms with Crippen molar-refractivity contribution in [3.63, 3.8) is 0 Å². The molecule has 1 atom stereocenters. The molecule has 1 rings (SSSR count). The Hall–Kier alpha value is -2.37. The fourth-order valence-electron chi connectivity index (χ4n) is 2.08. The van der Waals surface area contributed by atoms with Crippen molar-refractivity contribution >= 4 is 17.8 Å². The van der Waals surface area contributed by atoms with Crippen LogP contribution < -0.4 is 10.6 Å². The first-order chi connectivity index (χ1) is 11.0. The Labute approximate surface area is 136 Å². The zero-order valence-corrected chi connectivity index (χ0v) is 13.4. The van der Waals surface area contributed by atoms with Crippen molar-refractivity contribution in [2.75, 3.05) is 6.54 Å². The number of carbonyl (C=O) groups is 3. The summed E-state index contributed by atoms with van der Waals surface area (Å²) >= 11 is 0. The van der Waals surface area contributed by atoms with E-state index in [1.165, 1.54) is 0 Å². The van der Waals surface area contributed by atoms with Crippen LogP contribution in [0, 0.1) is 0 Å². The second kappa shape index (κ2) is 10.4. The third-order valence-electron chi connectivity index (χ3n) is 3.38. The van der Waals surface area contributed by atoms with Crippen LogP contribution in [-0.2, 0) is 9.59 Å². The van der Waals surface area contributed by atoms with E-state index in [0.29, 0.717) is 12.1 Å². The van der Waals surface area contributed by atoms with Gasteiger partial charge in [-0.1, -0.05) is 38.0 Å². The molecule has 0 aliphatic heterocycles. The Kier molecular flexibility index (Phi) is 8.42. The van der Waals surface area contributed by atoms with E-state index in [9.17, 15) is 14.4 Å². The zero-order valence-electron chi connectivity index (χ0n) is 13.4. The SMILES string of the molecule is CCCCCNC(=O)[C@@H](CCC(=O)O)NC(=O)c1ccccc1. The highest BCUT2D eigenvalue weighted by Crippen LogP contribution is 2.03. The van der Waals surface area contributed by atoms with Crippen LogP contribution in [0.4, 0.5) is 0 Å². The lowest BCUT2D eigenvalue weighted by atomic mass is 10.1. The average Bonchev–Trinajstić information content (AvgIpc) is 2.55. The Morgan fingerprint density at radius 2 is 1.83 bits per heavy atom. The third kappa shape index (κ3) is 7.44. The van der Waals surface area contributed by atoms with Crippen molar-refractivity contribution in [3.8, 4) is 0 Å². The fourth-order valence-corrected chi connectivity index (χ4v) is 2.08. The molecule has 0 heterocycles. The molecule has 0 aliphatic rings. The van der Waals surface area contributed by atoms with Crippen LogP contribution in [0.2, 0.25) is 0 Å². The van der Waals surface area contributed by atoms with E-state index in [2.05, 4.69) is 17.6 Å². The number of nitrogens with one attached hydrogen (secondary N) is 2. The number of benzene rings is 1. The van der Waals surface area contributed by atoms with Crippen LogP contribution in [0.25, 0.3) is 0 Å². The molecule has 0 radical (unpaired) electrons. The molecule has 0 unspecified atom stereocenters. The van der Waals surface area contributed by atoms with Gasteiger partial charge >= 0.3 is 5.97 Å². The van der Waals surface area contributed by atoms with Crippen molar-refractivity contribution in [1.82, 2.24) is 10.6 Å². The summed E-state index contributed by atoms with van der Waals surface area (Å²) in [7, 11) is 0.